The summed E-state index contributed by atoms with van der Waals surface area (Å²) >= 11 is 0. The fraction of sp³-hybridized carbons (Fsp3) is 0.241. The average Bonchev–Trinajstić information content (AvgIpc) is 2.76. The molecule has 3 aromatic carbocycles. The van der Waals surface area contributed by atoms with Crippen LogP contribution >= 0.6 is 0 Å². The molecule has 0 bridgehead atoms. The third-order valence-corrected chi connectivity index (χ3v) is 5.34. The second kappa shape index (κ2) is 11.2. The molecule has 3 aromatic rings. The van der Waals surface area contributed by atoms with Gasteiger partial charge in [0.15, 0.2) is 0 Å². The molecular formula is C29H32. The van der Waals surface area contributed by atoms with Gasteiger partial charge in [0, 0.05) is 0 Å². The summed E-state index contributed by atoms with van der Waals surface area (Å²) in [6, 6.07) is 27.1. The lowest BCUT2D eigenvalue weighted by Crippen LogP contribution is -1.90. The molecular weight excluding hydrogens is 348 g/mol. The minimum atomic E-state index is 0.985. The SMILES string of the molecule is CC=CCCc1ccc(Cc2ccc(-c3ccc(CCC=CC)cc3)cc2)cc1. The summed E-state index contributed by atoms with van der Waals surface area (Å²) in [5.41, 5.74) is 8.12. The van der Waals surface area contributed by atoms with Gasteiger partial charge in [-0.3, -0.25) is 0 Å². The van der Waals surface area contributed by atoms with Crippen LogP contribution in [0, 0.1) is 0 Å². The molecule has 0 fully saturated rings. The Morgan fingerprint density at radius 2 is 0.828 bits per heavy atom. The lowest BCUT2D eigenvalue weighted by Gasteiger charge is -2.07. The second-order valence-electron chi connectivity index (χ2n) is 7.60. The van der Waals surface area contributed by atoms with Crippen LogP contribution in [-0.4, -0.2) is 0 Å². The van der Waals surface area contributed by atoms with E-state index in [1.165, 1.54) is 33.4 Å². The van der Waals surface area contributed by atoms with Gasteiger partial charge in [-0.2, -0.15) is 0 Å². The molecule has 0 aromatic heterocycles. The van der Waals surface area contributed by atoms with Crippen LogP contribution in [0.2, 0.25) is 0 Å². The van der Waals surface area contributed by atoms with Gasteiger partial charge in [-0.05, 0) is 79.3 Å². The van der Waals surface area contributed by atoms with Crippen molar-refractivity contribution in [1.82, 2.24) is 0 Å². The first-order chi connectivity index (χ1) is 14.3. The first-order valence-electron chi connectivity index (χ1n) is 10.8. The van der Waals surface area contributed by atoms with Gasteiger partial charge in [-0.1, -0.05) is 97.1 Å². The Balaban J connectivity index is 1.58. The van der Waals surface area contributed by atoms with E-state index < -0.39 is 0 Å². The molecule has 0 nitrogen and oxygen atoms in total. The van der Waals surface area contributed by atoms with Gasteiger partial charge >= 0.3 is 0 Å². The molecule has 0 saturated heterocycles. The number of benzene rings is 3. The fourth-order valence-corrected chi connectivity index (χ4v) is 3.57. The Morgan fingerprint density at radius 3 is 1.24 bits per heavy atom. The molecule has 3 rings (SSSR count). The van der Waals surface area contributed by atoms with E-state index in [1.54, 1.807) is 0 Å². The number of hydrogen-bond acceptors (Lipinski definition) is 0. The van der Waals surface area contributed by atoms with E-state index in [-0.39, 0.29) is 0 Å². The van der Waals surface area contributed by atoms with Gasteiger partial charge in [0.2, 0.25) is 0 Å². The quantitative estimate of drug-likeness (QED) is 0.330. The third kappa shape index (κ3) is 6.61. The smallest absolute Gasteiger partial charge is 0.00258 e. The maximum Gasteiger partial charge on any atom is -0.00258 e. The Hall–Kier alpha value is -2.86. The number of rotatable bonds is 9. The number of hydrogen-bond donors (Lipinski definition) is 0. The highest BCUT2D eigenvalue weighted by atomic mass is 14.1. The lowest BCUT2D eigenvalue weighted by atomic mass is 9.98. The van der Waals surface area contributed by atoms with Crippen LogP contribution < -0.4 is 0 Å². The van der Waals surface area contributed by atoms with Crippen molar-refractivity contribution in [3.63, 3.8) is 0 Å². The van der Waals surface area contributed by atoms with E-state index in [9.17, 15) is 0 Å². The van der Waals surface area contributed by atoms with E-state index in [1.807, 2.05) is 0 Å². The molecule has 0 N–H and O–H groups in total. The van der Waals surface area contributed by atoms with Crippen LogP contribution in [0.25, 0.3) is 11.1 Å². The monoisotopic (exact) mass is 380 g/mol. The van der Waals surface area contributed by atoms with Gasteiger partial charge in [-0.25, -0.2) is 0 Å². The molecule has 29 heavy (non-hydrogen) atoms. The molecule has 0 aliphatic heterocycles. The molecule has 0 heteroatoms. The van der Waals surface area contributed by atoms with Gasteiger partial charge < -0.3 is 0 Å². The minimum Gasteiger partial charge on any atom is -0.0917 e. The molecule has 0 atom stereocenters. The summed E-state index contributed by atoms with van der Waals surface area (Å²) in [6.07, 6.45) is 14.1. The van der Waals surface area contributed by atoms with Gasteiger partial charge in [0.05, 0.1) is 0 Å². The molecule has 0 aliphatic carbocycles. The predicted molar refractivity (Wildman–Crippen MR) is 127 cm³/mol. The minimum absolute atomic E-state index is 0.985. The summed E-state index contributed by atoms with van der Waals surface area (Å²) in [6.45, 7) is 4.16. The molecule has 0 amide bonds. The van der Waals surface area contributed by atoms with E-state index in [2.05, 4.69) is 111 Å². The first-order valence-corrected chi connectivity index (χ1v) is 10.8. The maximum atomic E-state index is 2.27. The van der Waals surface area contributed by atoms with E-state index in [0.29, 0.717) is 0 Å². The van der Waals surface area contributed by atoms with Crippen LogP contribution in [0.15, 0.2) is 97.1 Å². The third-order valence-electron chi connectivity index (χ3n) is 5.34. The van der Waals surface area contributed by atoms with Crippen molar-refractivity contribution in [2.45, 2.75) is 46.0 Å². The molecule has 0 spiro atoms. The first kappa shape index (κ1) is 20.9. The summed E-state index contributed by atoms with van der Waals surface area (Å²) in [5, 5.41) is 0. The Morgan fingerprint density at radius 1 is 0.483 bits per heavy atom. The largest absolute Gasteiger partial charge is 0.0917 e. The van der Waals surface area contributed by atoms with Crippen molar-refractivity contribution in [2.75, 3.05) is 0 Å². The lowest BCUT2D eigenvalue weighted by molar-refractivity contribution is 0.996. The van der Waals surface area contributed by atoms with Gasteiger partial charge in [0.25, 0.3) is 0 Å². The van der Waals surface area contributed by atoms with Crippen LogP contribution in [-0.2, 0) is 19.3 Å². The molecule has 0 heterocycles. The Labute approximate surface area is 176 Å². The van der Waals surface area contributed by atoms with Gasteiger partial charge in [0.1, 0.15) is 0 Å². The highest BCUT2D eigenvalue weighted by molar-refractivity contribution is 5.64. The number of allylic oxidation sites excluding steroid dienone is 4. The van der Waals surface area contributed by atoms with Crippen LogP contribution in [0.5, 0.6) is 0 Å². The molecule has 0 unspecified atom stereocenters. The normalized spacial score (nSPS) is 11.5. The van der Waals surface area contributed by atoms with E-state index in [4.69, 9.17) is 0 Å². The molecule has 148 valence electrons. The number of aryl methyl sites for hydroxylation is 2. The van der Waals surface area contributed by atoms with Crippen molar-refractivity contribution < 1.29 is 0 Å². The predicted octanol–water partition coefficient (Wildman–Crippen LogP) is 7.96. The zero-order valence-corrected chi connectivity index (χ0v) is 17.8. The topological polar surface area (TPSA) is 0 Å². The van der Waals surface area contributed by atoms with Crippen LogP contribution in [0.4, 0.5) is 0 Å². The zero-order chi connectivity index (χ0) is 20.3. The Kier molecular flexibility index (Phi) is 8.07. The van der Waals surface area contributed by atoms with Gasteiger partial charge in [-0.15, -0.1) is 0 Å². The van der Waals surface area contributed by atoms with E-state index in [0.717, 1.165) is 32.1 Å². The van der Waals surface area contributed by atoms with Crippen LogP contribution in [0.1, 0.15) is 48.9 Å². The van der Waals surface area contributed by atoms with Crippen molar-refractivity contribution >= 4 is 0 Å². The molecule has 0 aliphatic rings. The Bertz CT molecular complexity index is 907. The van der Waals surface area contributed by atoms with Crippen LogP contribution in [0.3, 0.4) is 0 Å². The standard InChI is InChI=1S/C29H32/c1-3-5-7-9-24-11-13-26(14-12-24)23-27-17-21-29(22-18-27)28-19-15-25(16-20-28)10-8-6-4-2/h3-6,11-22H,7-10,23H2,1-2H3. The van der Waals surface area contributed by atoms with E-state index >= 15 is 0 Å². The highest BCUT2D eigenvalue weighted by Gasteiger charge is 2.01. The zero-order valence-electron chi connectivity index (χ0n) is 17.8. The van der Waals surface area contributed by atoms with Crippen molar-refractivity contribution in [2.24, 2.45) is 0 Å². The van der Waals surface area contributed by atoms with Crippen molar-refractivity contribution in [3.8, 4) is 11.1 Å². The van der Waals surface area contributed by atoms with Crippen molar-refractivity contribution in [3.05, 3.63) is 119 Å². The maximum absolute atomic E-state index is 2.27. The summed E-state index contributed by atoms with van der Waals surface area (Å²) in [4.78, 5) is 0. The molecule has 0 saturated carbocycles. The second-order valence-corrected chi connectivity index (χ2v) is 7.60. The fourth-order valence-electron chi connectivity index (χ4n) is 3.57. The average molecular weight is 381 g/mol. The van der Waals surface area contributed by atoms with Crippen molar-refractivity contribution in [1.29, 1.82) is 0 Å². The highest BCUT2D eigenvalue weighted by Crippen LogP contribution is 2.22. The summed E-state index contributed by atoms with van der Waals surface area (Å²) in [5.74, 6) is 0. The molecule has 0 radical (unpaired) electrons. The summed E-state index contributed by atoms with van der Waals surface area (Å²) in [7, 11) is 0. The summed E-state index contributed by atoms with van der Waals surface area (Å²) < 4.78 is 0.